The summed E-state index contributed by atoms with van der Waals surface area (Å²) >= 11 is 23.8. The lowest BCUT2D eigenvalue weighted by molar-refractivity contribution is 0.224. The molecule has 0 amide bonds. The van der Waals surface area contributed by atoms with Gasteiger partial charge in [-0.05, 0) is 99.1 Å². The zero-order valence-electron chi connectivity index (χ0n) is 11.2. The molecule has 0 N–H and O–H groups in total. The van der Waals surface area contributed by atoms with Crippen LogP contribution < -0.4 is 9.47 Å². The first-order valence-electron chi connectivity index (χ1n) is 5.92. The minimum Gasteiger partial charge on any atom is -0.412 e. The fraction of sp³-hybridized carbons (Fsp3) is 0. The molecule has 0 fully saturated rings. The molecule has 10 heteroatoms. The van der Waals surface area contributed by atoms with Gasteiger partial charge in [0.05, 0.1) is 17.9 Å². The summed E-state index contributed by atoms with van der Waals surface area (Å²) in [5.74, 6) is 0.536. The lowest BCUT2D eigenvalue weighted by Gasteiger charge is -2.12. The highest BCUT2D eigenvalue weighted by molar-refractivity contribution is 9.11. The summed E-state index contributed by atoms with van der Waals surface area (Å²) in [4.78, 5) is 21.8. The predicted molar refractivity (Wildman–Crippen MR) is 106 cm³/mol. The van der Waals surface area contributed by atoms with Crippen molar-refractivity contribution in [3.05, 3.63) is 42.2 Å². The second-order valence-corrected chi connectivity index (χ2v) is 8.25. The third kappa shape index (κ3) is 4.95. The molecule has 0 heterocycles. The summed E-state index contributed by atoms with van der Waals surface area (Å²) in [7, 11) is 0. The summed E-state index contributed by atoms with van der Waals surface area (Å²) in [6, 6.07) is 7.01. The Morgan fingerprint density at radius 1 is 0.667 bits per heavy atom. The van der Waals surface area contributed by atoms with E-state index in [1.807, 2.05) is 0 Å². The molecule has 2 rings (SSSR count). The van der Waals surface area contributed by atoms with Crippen molar-refractivity contribution in [1.82, 2.24) is 0 Å². The topological polar surface area (TPSA) is 52.6 Å². The molecule has 0 spiro atoms. The van der Waals surface area contributed by atoms with Gasteiger partial charge in [-0.3, -0.25) is 0 Å². The Morgan fingerprint density at radius 2 is 0.917 bits per heavy atom. The first kappa shape index (κ1) is 20.2. The minimum absolute atomic E-state index is 0.268. The van der Waals surface area contributed by atoms with Gasteiger partial charge in [0.15, 0.2) is 11.5 Å². The van der Waals surface area contributed by atoms with Gasteiger partial charge in [0.2, 0.25) is 0 Å². The van der Waals surface area contributed by atoms with Gasteiger partial charge < -0.3 is 9.47 Å². The Hall–Kier alpha value is -0.120. The lowest BCUT2D eigenvalue weighted by atomic mass is 10.1. The highest BCUT2D eigenvalue weighted by Gasteiger charge is 2.16. The van der Waals surface area contributed by atoms with E-state index in [0.29, 0.717) is 17.9 Å². The summed E-state index contributed by atoms with van der Waals surface area (Å²) < 4.78 is 12.0. The normalized spacial score (nSPS) is 10.4. The molecule has 4 nitrogen and oxygen atoms in total. The van der Waals surface area contributed by atoms with Gasteiger partial charge in [0.1, 0.15) is 0 Å². The molecule has 0 aliphatic carbocycles. The minimum atomic E-state index is -0.943. The van der Waals surface area contributed by atoms with E-state index < -0.39 is 10.9 Å². The number of halogens is 6. The van der Waals surface area contributed by atoms with E-state index in [0.717, 1.165) is 11.1 Å². The van der Waals surface area contributed by atoms with E-state index in [-0.39, 0.29) is 11.5 Å². The molecule has 0 saturated heterocycles. The molecule has 2 aromatic carbocycles. The third-order valence-corrected chi connectivity index (χ3v) is 5.20. The second kappa shape index (κ2) is 8.51. The van der Waals surface area contributed by atoms with Gasteiger partial charge in [0, 0.05) is 23.2 Å². The van der Waals surface area contributed by atoms with E-state index >= 15 is 0 Å². The van der Waals surface area contributed by atoms with E-state index in [4.69, 9.17) is 32.7 Å². The Balaban J connectivity index is 2.49. The van der Waals surface area contributed by atoms with Crippen molar-refractivity contribution in [2.75, 3.05) is 0 Å². The molecule has 0 aromatic heterocycles. The van der Waals surface area contributed by atoms with Crippen LogP contribution in [0, 0.1) is 0 Å². The number of hydrogen-bond donors (Lipinski definition) is 0. The standard InChI is InChI=1S/C14H4Br4Cl2O4/c15-7-1-5(2-8(16)11(7)23-13(19)21)6-3-9(17)12(10(18)4-6)24-14(20)22/h1-4H. The summed E-state index contributed by atoms with van der Waals surface area (Å²) in [6.07, 6.45) is 0. The molecule has 0 radical (unpaired) electrons. The van der Waals surface area contributed by atoms with E-state index in [1.54, 1.807) is 24.3 Å². The van der Waals surface area contributed by atoms with Crippen LogP contribution in [0.1, 0.15) is 0 Å². The largest absolute Gasteiger partial charge is 0.412 e. The fourth-order valence-electron chi connectivity index (χ4n) is 1.81. The maximum Gasteiger partial charge on any atom is 0.409 e. The first-order chi connectivity index (χ1) is 11.2. The van der Waals surface area contributed by atoms with Crippen molar-refractivity contribution in [3.63, 3.8) is 0 Å². The van der Waals surface area contributed by atoms with Gasteiger partial charge in [-0.15, -0.1) is 0 Å². The van der Waals surface area contributed by atoms with Crippen molar-refractivity contribution < 1.29 is 19.1 Å². The first-order valence-corrected chi connectivity index (χ1v) is 9.85. The molecule has 0 unspecified atom stereocenters. The van der Waals surface area contributed by atoms with Crippen LogP contribution in [0.25, 0.3) is 11.1 Å². The van der Waals surface area contributed by atoms with Gasteiger partial charge in [-0.25, -0.2) is 9.59 Å². The quantitative estimate of drug-likeness (QED) is 0.326. The molecular weight excluding hydrogens is 623 g/mol. The van der Waals surface area contributed by atoms with Crippen molar-refractivity contribution in [1.29, 1.82) is 0 Å². The highest BCUT2D eigenvalue weighted by atomic mass is 79.9. The van der Waals surface area contributed by atoms with Crippen molar-refractivity contribution in [2.24, 2.45) is 0 Å². The molecule has 0 aliphatic heterocycles. The summed E-state index contributed by atoms with van der Waals surface area (Å²) in [5.41, 5.74) is -0.287. The molecule has 0 aliphatic rings. The van der Waals surface area contributed by atoms with Crippen LogP contribution in [0.4, 0.5) is 9.59 Å². The van der Waals surface area contributed by atoms with Crippen LogP contribution in [0.2, 0.25) is 0 Å². The van der Waals surface area contributed by atoms with E-state index in [2.05, 4.69) is 63.7 Å². The third-order valence-electron chi connectivity index (χ3n) is 2.69. The molecular formula is C14H4Br4Cl2O4. The van der Waals surface area contributed by atoms with Crippen LogP contribution in [0.5, 0.6) is 11.5 Å². The maximum absolute atomic E-state index is 10.9. The zero-order chi connectivity index (χ0) is 18.0. The van der Waals surface area contributed by atoms with Crippen molar-refractivity contribution in [3.8, 4) is 22.6 Å². The number of rotatable bonds is 3. The fourth-order valence-corrected chi connectivity index (χ4v) is 4.66. The number of hydrogen-bond acceptors (Lipinski definition) is 4. The Morgan fingerprint density at radius 3 is 1.12 bits per heavy atom. The number of carbonyl (C=O) groups is 2. The van der Waals surface area contributed by atoms with Crippen LogP contribution in [-0.4, -0.2) is 10.9 Å². The van der Waals surface area contributed by atoms with Crippen LogP contribution >= 0.6 is 86.9 Å². The van der Waals surface area contributed by atoms with E-state index in [1.165, 1.54) is 0 Å². The lowest BCUT2D eigenvalue weighted by Crippen LogP contribution is -1.99. The van der Waals surface area contributed by atoms with Crippen molar-refractivity contribution in [2.45, 2.75) is 0 Å². The smallest absolute Gasteiger partial charge is 0.409 e. The summed E-state index contributed by atoms with van der Waals surface area (Å²) in [6.45, 7) is 0. The molecule has 2 aromatic rings. The Kier molecular flexibility index (Phi) is 7.16. The number of benzene rings is 2. The predicted octanol–water partition coefficient (Wildman–Crippen LogP) is 7.88. The SMILES string of the molecule is O=C(Cl)Oc1c(Br)cc(-c2cc(Br)c(OC(=O)Cl)c(Br)c2)cc1Br. The maximum atomic E-state index is 10.9. The number of carbonyl (C=O) groups excluding carboxylic acids is 2. The molecule has 0 atom stereocenters. The average molecular weight is 627 g/mol. The monoisotopic (exact) mass is 622 g/mol. The van der Waals surface area contributed by atoms with Gasteiger partial charge in [-0.1, -0.05) is 0 Å². The highest BCUT2D eigenvalue weighted by Crippen LogP contribution is 2.42. The van der Waals surface area contributed by atoms with Crippen LogP contribution in [0.15, 0.2) is 42.2 Å². The average Bonchev–Trinajstić information content (AvgIpc) is 2.45. The van der Waals surface area contributed by atoms with Crippen LogP contribution in [0.3, 0.4) is 0 Å². The molecule has 0 saturated carbocycles. The van der Waals surface area contributed by atoms with Crippen LogP contribution in [-0.2, 0) is 0 Å². The molecule has 0 bridgehead atoms. The van der Waals surface area contributed by atoms with Gasteiger partial charge >= 0.3 is 10.9 Å². The molecule has 126 valence electrons. The van der Waals surface area contributed by atoms with Gasteiger partial charge in [-0.2, -0.15) is 0 Å². The number of ether oxygens (including phenoxy) is 2. The van der Waals surface area contributed by atoms with Crippen molar-refractivity contribution >= 4 is 97.8 Å². The van der Waals surface area contributed by atoms with Gasteiger partial charge in [0.25, 0.3) is 0 Å². The second-order valence-electron chi connectivity index (χ2n) is 4.22. The zero-order valence-corrected chi connectivity index (χ0v) is 19.1. The molecule has 24 heavy (non-hydrogen) atoms. The van der Waals surface area contributed by atoms with E-state index in [9.17, 15) is 9.59 Å². The Bertz CT molecular complexity index is 726. The Labute approximate surface area is 180 Å². The summed E-state index contributed by atoms with van der Waals surface area (Å²) in [5, 5.41) is 0.